The van der Waals surface area contributed by atoms with Gasteiger partial charge in [-0.2, -0.15) is 0 Å². The molecule has 100 valence electrons. The monoisotopic (exact) mass is 311 g/mol. The number of hydrogen-bond acceptors (Lipinski definition) is 5. The van der Waals surface area contributed by atoms with Crippen molar-refractivity contribution in [2.24, 2.45) is 5.92 Å². The second kappa shape index (κ2) is 4.36. The third kappa shape index (κ3) is 1.95. The van der Waals surface area contributed by atoms with Crippen LogP contribution in [0.15, 0.2) is 11.4 Å². The van der Waals surface area contributed by atoms with Gasteiger partial charge in [0.05, 0.1) is 9.90 Å². The van der Waals surface area contributed by atoms with Gasteiger partial charge in [-0.1, -0.05) is 22.9 Å². The Bertz CT molecular complexity index is 621. The number of anilines is 2. The number of nitrogens with two attached hydrogens (primary N) is 1. The van der Waals surface area contributed by atoms with Crippen LogP contribution in [0.1, 0.15) is 19.3 Å². The summed E-state index contributed by atoms with van der Waals surface area (Å²) >= 11 is 9.28. The van der Waals surface area contributed by atoms with E-state index in [0.717, 1.165) is 21.5 Å². The Kier molecular flexibility index (Phi) is 2.76. The number of aromatic nitrogens is 1. The summed E-state index contributed by atoms with van der Waals surface area (Å²) < 4.78 is 0. The molecule has 0 spiro atoms. The Morgan fingerprint density at radius 2 is 2.32 bits per heavy atom. The summed E-state index contributed by atoms with van der Waals surface area (Å²) in [5, 5.41) is 4.62. The van der Waals surface area contributed by atoms with Crippen LogP contribution >= 0.6 is 34.3 Å². The molecule has 2 aliphatic rings. The van der Waals surface area contributed by atoms with E-state index in [1.807, 2.05) is 11.4 Å². The molecular formula is C13H14ClN3S2. The third-order valence-corrected chi connectivity index (χ3v) is 6.30. The van der Waals surface area contributed by atoms with Crippen LogP contribution in [0.4, 0.5) is 10.1 Å². The zero-order chi connectivity index (χ0) is 13.0. The Labute approximate surface area is 125 Å². The van der Waals surface area contributed by atoms with Gasteiger partial charge in [0.2, 0.25) is 0 Å². The molecular weight excluding hydrogens is 298 g/mol. The van der Waals surface area contributed by atoms with E-state index in [-0.39, 0.29) is 0 Å². The number of thiophene rings is 1. The second-order valence-electron chi connectivity index (χ2n) is 5.32. The molecule has 6 heteroatoms. The van der Waals surface area contributed by atoms with Gasteiger partial charge < -0.3 is 10.6 Å². The number of thiazole rings is 1. The second-order valence-corrected chi connectivity index (χ2v) is 7.68. The number of nitrogens with zero attached hydrogens (tertiary/aromatic N) is 2. The van der Waals surface area contributed by atoms with Crippen molar-refractivity contribution in [1.29, 1.82) is 0 Å². The highest BCUT2D eigenvalue weighted by molar-refractivity contribution is 7.20. The van der Waals surface area contributed by atoms with Crippen molar-refractivity contribution in [1.82, 2.24) is 4.98 Å². The lowest BCUT2D eigenvalue weighted by molar-refractivity contribution is 0.556. The maximum atomic E-state index is 6.03. The number of nitrogen functional groups attached to an aromatic ring is 1. The van der Waals surface area contributed by atoms with Crippen molar-refractivity contribution < 1.29 is 0 Å². The minimum absolute atomic E-state index is 0.650. The minimum Gasteiger partial charge on any atom is -0.375 e. The predicted molar refractivity (Wildman–Crippen MR) is 83.3 cm³/mol. The molecule has 2 N–H and O–H groups in total. The Morgan fingerprint density at radius 3 is 2.95 bits per heavy atom. The summed E-state index contributed by atoms with van der Waals surface area (Å²) in [6.07, 6.45) is 4.03. The SMILES string of the molecule is Nc1nc(-c2cc(Cl)cs2)c(N2CC3CCC2C3)s1. The number of piperidine rings is 1. The molecule has 2 aromatic heterocycles. The van der Waals surface area contributed by atoms with Crippen molar-refractivity contribution >= 4 is 44.4 Å². The summed E-state index contributed by atoms with van der Waals surface area (Å²) in [7, 11) is 0. The fourth-order valence-electron chi connectivity index (χ4n) is 3.29. The van der Waals surface area contributed by atoms with Crippen LogP contribution in [-0.4, -0.2) is 17.6 Å². The van der Waals surface area contributed by atoms with Gasteiger partial charge in [-0.05, 0) is 31.2 Å². The van der Waals surface area contributed by atoms with E-state index in [4.69, 9.17) is 17.3 Å². The molecule has 1 saturated heterocycles. The van der Waals surface area contributed by atoms with Crippen molar-refractivity contribution in [3.8, 4) is 10.6 Å². The van der Waals surface area contributed by atoms with Crippen molar-refractivity contribution in [2.75, 3.05) is 17.2 Å². The van der Waals surface area contributed by atoms with Crippen molar-refractivity contribution in [3.05, 3.63) is 16.5 Å². The van der Waals surface area contributed by atoms with Crippen LogP contribution in [-0.2, 0) is 0 Å². The summed E-state index contributed by atoms with van der Waals surface area (Å²) in [5.41, 5.74) is 6.96. The Balaban J connectivity index is 1.76. The number of halogens is 1. The number of hydrogen-bond donors (Lipinski definition) is 1. The first kappa shape index (κ1) is 12.0. The highest BCUT2D eigenvalue weighted by atomic mass is 35.5. The van der Waals surface area contributed by atoms with Gasteiger partial charge >= 0.3 is 0 Å². The van der Waals surface area contributed by atoms with E-state index in [9.17, 15) is 0 Å². The van der Waals surface area contributed by atoms with Gasteiger partial charge in [0.15, 0.2) is 5.13 Å². The number of fused-ring (bicyclic) bond motifs is 2. The smallest absolute Gasteiger partial charge is 0.182 e. The number of rotatable bonds is 2. The summed E-state index contributed by atoms with van der Waals surface area (Å²) in [6.45, 7) is 1.17. The fourth-order valence-corrected chi connectivity index (χ4v) is 5.35. The van der Waals surface area contributed by atoms with Gasteiger partial charge in [-0.3, -0.25) is 0 Å². The predicted octanol–water partition coefficient (Wildman–Crippen LogP) is 4.10. The topological polar surface area (TPSA) is 42.1 Å². The quantitative estimate of drug-likeness (QED) is 0.908. The maximum absolute atomic E-state index is 6.03. The zero-order valence-corrected chi connectivity index (χ0v) is 12.7. The average Bonchev–Trinajstić information content (AvgIpc) is 3.10. The standard InChI is InChI=1S/C13H14ClN3S2/c14-8-4-10(18-6-8)11-12(19-13(15)16-11)17-5-7-1-2-9(17)3-7/h4,6-7,9H,1-3,5H2,(H2,15,16). The zero-order valence-electron chi connectivity index (χ0n) is 10.3. The first-order valence-corrected chi connectivity index (χ1v) is 8.55. The van der Waals surface area contributed by atoms with Gasteiger partial charge in [-0.15, -0.1) is 11.3 Å². The van der Waals surface area contributed by atoms with Crippen LogP contribution in [0.25, 0.3) is 10.6 Å². The van der Waals surface area contributed by atoms with E-state index in [2.05, 4.69) is 9.88 Å². The minimum atomic E-state index is 0.650. The highest BCUT2D eigenvalue weighted by Crippen LogP contribution is 2.47. The summed E-state index contributed by atoms with van der Waals surface area (Å²) in [6, 6.07) is 2.68. The van der Waals surface area contributed by atoms with E-state index >= 15 is 0 Å². The van der Waals surface area contributed by atoms with Crippen LogP contribution in [0.2, 0.25) is 5.02 Å². The van der Waals surface area contributed by atoms with E-state index in [1.165, 1.54) is 30.8 Å². The molecule has 1 aliphatic heterocycles. The molecule has 0 amide bonds. The molecule has 0 aromatic carbocycles. The first-order chi connectivity index (χ1) is 9.20. The summed E-state index contributed by atoms with van der Waals surface area (Å²) in [5.74, 6) is 0.869. The molecule has 3 heterocycles. The molecule has 1 aliphatic carbocycles. The van der Waals surface area contributed by atoms with Gasteiger partial charge in [0.1, 0.15) is 10.7 Å². The van der Waals surface area contributed by atoms with E-state index in [0.29, 0.717) is 11.2 Å². The average molecular weight is 312 g/mol. The lowest BCUT2D eigenvalue weighted by Crippen LogP contribution is -2.31. The highest BCUT2D eigenvalue weighted by Gasteiger charge is 2.39. The lowest BCUT2D eigenvalue weighted by Gasteiger charge is -2.28. The molecule has 2 bridgehead atoms. The maximum Gasteiger partial charge on any atom is 0.182 e. The molecule has 2 fully saturated rings. The molecule has 2 aromatic rings. The van der Waals surface area contributed by atoms with Crippen LogP contribution in [0.5, 0.6) is 0 Å². The van der Waals surface area contributed by atoms with Crippen LogP contribution in [0.3, 0.4) is 0 Å². The molecule has 2 unspecified atom stereocenters. The van der Waals surface area contributed by atoms with E-state index in [1.54, 1.807) is 22.7 Å². The molecule has 0 radical (unpaired) electrons. The molecule has 1 saturated carbocycles. The normalized spacial score (nSPS) is 25.4. The molecule has 2 atom stereocenters. The Hall–Kier alpha value is -0.780. The van der Waals surface area contributed by atoms with Crippen LogP contribution < -0.4 is 10.6 Å². The largest absolute Gasteiger partial charge is 0.375 e. The van der Waals surface area contributed by atoms with Gasteiger partial charge in [-0.25, -0.2) is 4.98 Å². The summed E-state index contributed by atoms with van der Waals surface area (Å²) in [4.78, 5) is 8.17. The van der Waals surface area contributed by atoms with Gasteiger partial charge in [0, 0.05) is 18.0 Å². The van der Waals surface area contributed by atoms with Crippen molar-refractivity contribution in [2.45, 2.75) is 25.3 Å². The lowest BCUT2D eigenvalue weighted by atomic mass is 10.1. The van der Waals surface area contributed by atoms with E-state index < -0.39 is 0 Å². The van der Waals surface area contributed by atoms with Crippen molar-refractivity contribution in [3.63, 3.8) is 0 Å². The molecule has 19 heavy (non-hydrogen) atoms. The fraction of sp³-hybridized carbons (Fsp3) is 0.462. The first-order valence-electron chi connectivity index (χ1n) is 6.48. The van der Waals surface area contributed by atoms with Crippen LogP contribution in [0, 0.1) is 5.92 Å². The molecule has 3 nitrogen and oxygen atoms in total. The van der Waals surface area contributed by atoms with Gasteiger partial charge in [0.25, 0.3) is 0 Å². The Morgan fingerprint density at radius 1 is 1.42 bits per heavy atom. The molecule has 4 rings (SSSR count). The third-order valence-electron chi connectivity index (χ3n) is 4.10.